The van der Waals surface area contributed by atoms with E-state index in [4.69, 9.17) is 0 Å². The number of hydrogen-bond donors (Lipinski definition) is 1. The Bertz CT molecular complexity index is 472. The van der Waals surface area contributed by atoms with Crippen molar-refractivity contribution in [3.63, 3.8) is 0 Å². The van der Waals surface area contributed by atoms with Crippen LogP contribution in [0.3, 0.4) is 0 Å². The van der Waals surface area contributed by atoms with Crippen LogP contribution in [0.15, 0.2) is 51.5 Å². The summed E-state index contributed by atoms with van der Waals surface area (Å²) in [6.45, 7) is 0.723. The molecule has 0 aliphatic carbocycles. The average molecular weight is 342 g/mol. The maximum atomic E-state index is 4.25. The molecule has 0 saturated heterocycles. The number of rotatable bonds is 3. The Labute approximate surface area is 111 Å². The minimum atomic E-state index is 0.723. The molecule has 0 bridgehead atoms. The molecule has 0 amide bonds. The van der Waals surface area contributed by atoms with E-state index in [1.807, 2.05) is 36.4 Å². The summed E-state index contributed by atoms with van der Waals surface area (Å²) in [5, 5.41) is 3.33. The van der Waals surface area contributed by atoms with Crippen molar-refractivity contribution in [2.24, 2.45) is 0 Å². The largest absolute Gasteiger partial charge is 0.378 e. The first-order valence-corrected chi connectivity index (χ1v) is 6.43. The van der Waals surface area contributed by atoms with Gasteiger partial charge in [0, 0.05) is 20.8 Å². The van der Waals surface area contributed by atoms with Crippen LogP contribution in [0.1, 0.15) is 5.69 Å². The van der Waals surface area contributed by atoms with E-state index in [1.54, 1.807) is 6.20 Å². The van der Waals surface area contributed by atoms with Crippen molar-refractivity contribution in [1.29, 1.82) is 0 Å². The second-order valence-corrected chi connectivity index (χ2v) is 5.07. The van der Waals surface area contributed by atoms with Crippen LogP contribution in [0.4, 0.5) is 5.69 Å². The van der Waals surface area contributed by atoms with Gasteiger partial charge in [-0.05, 0) is 46.3 Å². The van der Waals surface area contributed by atoms with Crippen LogP contribution < -0.4 is 5.32 Å². The highest BCUT2D eigenvalue weighted by Crippen LogP contribution is 2.26. The summed E-state index contributed by atoms with van der Waals surface area (Å²) in [5.41, 5.74) is 2.09. The molecule has 1 aromatic heterocycles. The molecule has 0 aliphatic rings. The summed E-state index contributed by atoms with van der Waals surface area (Å²) in [6, 6.07) is 11.9. The fourth-order valence-corrected chi connectivity index (χ4v) is 2.51. The second-order valence-electron chi connectivity index (χ2n) is 3.30. The number of hydrogen-bond acceptors (Lipinski definition) is 2. The molecule has 0 atom stereocenters. The Balaban J connectivity index is 2.05. The predicted molar refractivity (Wildman–Crippen MR) is 73.4 cm³/mol. The van der Waals surface area contributed by atoms with E-state index >= 15 is 0 Å². The molecular formula is C12H10Br2N2. The van der Waals surface area contributed by atoms with E-state index in [2.05, 4.69) is 42.2 Å². The van der Waals surface area contributed by atoms with E-state index in [1.165, 1.54) is 0 Å². The molecule has 82 valence electrons. The van der Waals surface area contributed by atoms with Crippen LogP contribution in [0.5, 0.6) is 0 Å². The molecule has 2 nitrogen and oxygen atoms in total. The highest BCUT2D eigenvalue weighted by molar-refractivity contribution is 9.11. The molecule has 4 heteroatoms. The standard InChI is InChI=1S/C12H10Br2N2/c13-9-4-5-12(11(14)7-9)16-8-10-3-1-2-6-15-10/h1-7,16H,8H2. The first-order valence-electron chi connectivity index (χ1n) is 4.84. The molecule has 0 aliphatic heterocycles. The van der Waals surface area contributed by atoms with Gasteiger partial charge in [-0.15, -0.1) is 0 Å². The van der Waals surface area contributed by atoms with Crippen molar-refractivity contribution in [3.05, 3.63) is 57.2 Å². The Morgan fingerprint density at radius 2 is 2.00 bits per heavy atom. The lowest BCUT2D eigenvalue weighted by Crippen LogP contribution is -2.01. The van der Waals surface area contributed by atoms with Gasteiger partial charge in [-0.25, -0.2) is 0 Å². The fraction of sp³-hybridized carbons (Fsp3) is 0.0833. The third kappa shape index (κ3) is 3.06. The van der Waals surface area contributed by atoms with Crippen molar-refractivity contribution in [2.45, 2.75) is 6.54 Å². The normalized spacial score (nSPS) is 10.1. The van der Waals surface area contributed by atoms with Gasteiger partial charge in [-0.1, -0.05) is 22.0 Å². The Kier molecular flexibility index (Phi) is 3.96. The average Bonchev–Trinajstić information content (AvgIpc) is 2.29. The number of halogens is 2. The monoisotopic (exact) mass is 340 g/mol. The SMILES string of the molecule is Brc1ccc(NCc2ccccn2)c(Br)c1. The molecule has 1 heterocycles. The lowest BCUT2D eigenvalue weighted by atomic mass is 10.3. The van der Waals surface area contributed by atoms with Crippen molar-refractivity contribution in [1.82, 2.24) is 4.98 Å². The molecule has 0 unspecified atom stereocenters. The number of pyridine rings is 1. The highest BCUT2D eigenvalue weighted by atomic mass is 79.9. The summed E-state index contributed by atoms with van der Waals surface area (Å²) in [5.74, 6) is 0. The molecule has 1 N–H and O–H groups in total. The number of nitrogens with one attached hydrogen (secondary N) is 1. The van der Waals surface area contributed by atoms with Crippen molar-refractivity contribution in [3.8, 4) is 0 Å². The van der Waals surface area contributed by atoms with E-state index in [9.17, 15) is 0 Å². The molecular weight excluding hydrogens is 332 g/mol. The summed E-state index contributed by atoms with van der Waals surface area (Å²) < 4.78 is 2.10. The quantitative estimate of drug-likeness (QED) is 0.904. The van der Waals surface area contributed by atoms with Crippen molar-refractivity contribution < 1.29 is 0 Å². The summed E-state index contributed by atoms with van der Waals surface area (Å²) in [7, 11) is 0. The third-order valence-corrected chi connectivity index (χ3v) is 3.27. The molecule has 0 radical (unpaired) electrons. The van der Waals surface area contributed by atoms with Crippen LogP contribution in [-0.2, 0) is 6.54 Å². The van der Waals surface area contributed by atoms with Gasteiger partial charge in [-0.3, -0.25) is 4.98 Å². The maximum Gasteiger partial charge on any atom is 0.0594 e. The van der Waals surface area contributed by atoms with Gasteiger partial charge in [0.1, 0.15) is 0 Å². The van der Waals surface area contributed by atoms with E-state index in [-0.39, 0.29) is 0 Å². The van der Waals surface area contributed by atoms with Gasteiger partial charge in [0.2, 0.25) is 0 Å². The van der Waals surface area contributed by atoms with Crippen LogP contribution >= 0.6 is 31.9 Å². The first kappa shape index (κ1) is 11.6. The molecule has 16 heavy (non-hydrogen) atoms. The number of nitrogens with zero attached hydrogens (tertiary/aromatic N) is 1. The zero-order valence-electron chi connectivity index (χ0n) is 8.45. The zero-order chi connectivity index (χ0) is 11.4. The molecule has 0 fully saturated rings. The van der Waals surface area contributed by atoms with E-state index < -0.39 is 0 Å². The van der Waals surface area contributed by atoms with Gasteiger partial charge < -0.3 is 5.32 Å². The van der Waals surface area contributed by atoms with E-state index in [0.29, 0.717) is 0 Å². The van der Waals surface area contributed by atoms with Crippen LogP contribution in [-0.4, -0.2) is 4.98 Å². The fourth-order valence-electron chi connectivity index (χ4n) is 1.32. The van der Waals surface area contributed by atoms with Gasteiger partial charge in [-0.2, -0.15) is 0 Å². The molecule has 2 rings (SSSR count). The van der Waals surface area contributed by atoms with Crippen molar-refractivity contribution >= 4 is 37.5 Å². The molecule has 0 spiro atoms. The van der Waals surface area contributed by atoms with Gasteiger partial charge in [0.05, 0.1) is 12.2 Å². The summed E-state index contributed by atoms with van der Waals surface area (Å²) in [6.07, 6.45) is 1.80. The zero-order valence-corrected chi connectivity index (χ0v) is 11.6. The topological polar surface area (TPSA) is 24.9 Å². The lowest BCUT2D eigenvalue weighted by Gasteiger charge is -2.08. The number of benzene rings is 1. The Morgan fingerprint density at radius 3 is 2.69 bits per heavy atom. The maximum absolute atomic E-state index is 4.25. The van der Waals surface area contributed by atoms with Gasteiger partial charge in [0.25, 0.3) is 0 Å². The Hall–Kier alpha value is -0.870. The van der Waals surface area contributed by atoms with Crippen LogP contribution in [0.25, 0.3) is 0 Å². The van der Waals surface area contributed by atoms with Crippen LogP contribution in [0, 0.1) is 0 Å². The number of anilines is 1. The highest BCUT2D eigenvalue weighted by Gasteiger charge is 2.00. The van der Waals surface area contributed by atoms with Crippen LogP contribution in [0.2, 0.25) is 0 Å². The second kappa shape index (κ2) is 5.46. The first-order chi connectivity index (χ1) is 7.75. The summed E-state index contributed by atoms with van der Waals surface area (Å²) >= 11 is 6.93. The van der Waals surface area contributed by atoms with Crippen molar-refractivity contribution in [2.75, 3.05) is 5.32 Å². The Morgan fingerprint density at radius 1 is 1.12 bits per heavy atom. The van der Waals surface area contributed by atoms with Gasteiger partial charge in [0.15, 0.2) is 0 Å². The summed E-state index contributed by atoms with van der Waals surface area (Å²) in [4.78, 5) is 4.25. The molecule has 2 aromatic rings. The smallest absolute Gasteiger partial charge is 0.0594 e. The lowest BCUT2D eigenvalue weighted by molar-refractivity contribution is 1.04. The van der Waals surface area contributed by atoms with E-state index in [0.717, 1.165) is 26.9 Å². The van der Waals surface area contributed by atoms with Gasteiger partial charge >= 0.3 is 0 Å². The minimum Gasteiger partial charge on any atom is -0.378 e. The number of aromatic nitrogens is 1. The molecule has 0 saturated carbocycles. The third-order valence-electron chi connectivity index (χ3n) is 2.12. The minimum absolute atomic E-state index is 0.723. The predicted octanol–water partition coefficient (Wildman–Crippen LogP) is 4.22. The molecule has 1 aromatic carbocycles.